The number of nitrogens with one attached hydrogen (secondary N) is 3. The largest absolute Gasteiger partial charge is 0.326 e. The number of anilines is 2. The molecule has 0 radical (unpaired) electrons. The zero-order valence-electron chi connectivity index (χ0n) is 16.5. The van der Waals surface area contributed by atoms with Gasteiger partial charge >= 0.3 is 6.03 Å². The Morgan fingerprint density at radius 1 is 1.07 bits per heavy atom. The van der Waals surface area contributed by atoms with E-state index in [9.17, 15) is 19.2 Å². The highest BCUT2D eigenvalue weighted by Crippen LogP contribution is 2.38. The molecule has 0 aromatic heterocycles. The molecule has 1 aromatic carbocycles. The van der Waals surface area contributed by atoms with Gasteiger partial charge in [0.1, 0.15) is 12.1 Å². The molecule has 2 atom stereocenters. The molecule has 8 nitrogen and oxygen atoms in total. The molecule has 8 heteroatoms. The minimum atomic E-state index is -0.864. The molecule has 3 N–H and O–H groups in total. The fraction of sp³-hybridized carbons (Fsp3) is 0.524. The Labute approximate surface area is 169 Å². The van der Waals surface area contributed by atoms with E-state index in [1.54, 1.807) is 24.3 Å². The third kappa shape index (κ3) is 3.83. The molecule has 1 aromatic rings. The van der Waals surface area contributed by atoms with E-state index in [2.05, 4.69) is 16.0 Å². The van der Waals surface area contributed by atoms with E-state index in [-0.39, 0.29) is 30.2 Å². The van der Waals surface area contributed by atoms with E-state index < -0.39 is 17.5 Å². The Morgan fingerprint density at radius 2 is 1.72 bits per heavy atom. The molecular weight excluding hydrogens is 372 g/mol. The molecule has 3 fully saturated rings. The van der Waals surface area contributed by atoms with Crippen molar-refractivity contribution in [2.24, 2.45) is 11.8 Å². The highest BCUT2D eigenvalue weighted by Gasteiger charge is 2.55. The van der Waals surface area contributed by atoms with Crippen molar-refractivity contribution in [3.8, 4) is 0 Å². The molecule has 0 unspecified atom stereocenters. The van der Waals surface area contributed by atoms with Crippen LogP contribution in [0, 0.1) is 11.8 Å². The summed E-state index contributed by atoms with van der Waals surface area (Å²) in [5.41, 5.74) is 0.339. The minimum Gasteiger partial charge on any atom is -0.326 e. The van der Waals surface area contributed by atoms with E-state index >= 15 is 0 Å². The number of hydrogen-bond acceptors (Lipinski definition) is 4. The maximum Gasteiger partial charge on any atom is 0.325 e. The second kappa shape index (κ2) is 7.50. The van der Waals surface area contributed by atoms with Crippen molar-refractivity contribution in [3.05, 3.63) is 24.3 Å². The first kappa shape index (κ1) is 19.4. The lowest BCUT2D eigenvalue weighted by Crippen LogP contribution is -2.54. The van der Waals surface area contributed by atoms with Crippen molar-refractivity contribution in [2.75, 3.05) is 17.2 Å². The monoisotopic (exact) mass is 398 g/mol. The first-order valence-electron chi connectivity index (χ1n) is 10.2. The van der Waals surface area contributed by atoms with Crippen molar-refractivity contribution in [3.63, 3.8) is 0 Å². The van der Waals surface area contributed by atoms with Crippen LogP contribution in [0.1, 0.15) is 45.4 Å². The van der Waals surface area contributed by atoms with E-state index in [1.165, 1.54) is 0 Å². The third-order valence-corrected chi connectivity index (χ3v) is 6.19. The average Bonchev–Trinajstić information content (AvgIpc) is 3.51. The summed E-state index contributed by atoms with van der Waals surface area (Å²) in [5.74, 6) is -0.550. The van der Waals surface area contributed by atoms with Crippen LogP contribution in [0.5, 0.6) is 0 Å². The maximum absolute atomic E-state index is 12.9. The Morgan fingerprint density at radius 3 is 2.34 bits per heavy atom. The van der Waals surface area contributed by atoms with Gasteiger partial charge in [-0.25, -0.2) is 4.79 Å². The van der Waals surface area contributed by atoms with Crippen molar-refractivity contribution < 1.29 is 19.2 Å². The van der Waals surface area contributed by atoms with Gasteiger partial charge in [0.2, 0.25) is 11.8 Å². The molecule has 5 amide bonds. The summed E-state index contributed by atoms with van der Waals surface area (Å²) in [5, 5.41) is 8.38. The van der Waals surface area contributed by atoms with Crippen LogP contribution in [-0.2, 0) is 14.4 Å². The SMILES string of the molecule is C[C@@H]1CCCC[C@]12NC(=O)N(CC(=O)Nc1ccc(NC(=O)C3CC3)cc1)C2=O. The number of nitrogens with zero attached hydrogens (tertiary/aromatic N) is 1. The highest BCUT2D eigenvalue weighted by atomic mass is 16.2. The zero-order valence-corrected chi connectivity index (χ0v) is 16.5. The second-order valence-corrected chi connectivity index (χ2v) is 8.33. The van der Waals surface area contributed by atoms with Crippen LogP contribution >= 0.6 is 0 Å². The normalized spacial score (nSPS) is 26.4. The van der Waals surface area contributed by atoms with Gasteiger partial charge in [-0.05, 0) is 55.9 Å². The van der Waals surface area contributed by atoms with Crippen molar-refractivity contribution in [1.29, 1.82) is 0 Å². The van der Waals surface area contributed by atoms with Gasteiger partial charge in [-0.1, -0.05) is 19.8 Å². The molecule has 2 aliphatic carbocycles. The molecule has 0 bridgehead atoms. The molecule has 2 saturated carbocycles. The Hall–Kier alpha value is -2.90. The van der Waals surface area contributed by atoms with Crippen molar-refractivity contribution in [1.82, 2.24) is 10.2 Å². The maximum atomic E-state index is 12.9. The van der Waals surface area contributed by atoms with Crippen LogP contribution in [0.15, 0.2) is 24.3 Å². The van der Waals surface area contributed by atoms with Crippen LogP contribution in [0.25, 0.3) is 0 Å². The number of urea groups is 1. The summed E-state index contributed by atoms with van der Waals surface area (Å²) in [6.45, 7) is 1.66. The topological polar surface area (TPSA) is 108 Å². The van der Waals surface area contributed by atoms with E-state index in [0.29, 0.717) is 17.8 Å². The molecule has 4 rings (SSSR count). The zero-order chi connectivity index (χ0) is 20.6. The summed E-state index contributed by atoms with van der Waals surface area (Å²) in [6.07, 6.45) is 5.30. The van der Waals surface area contributed by atoms with Crippen LogP contribution in [-0.4, -0.2) is 40.7 Å². The predicted octanol–water partition coefficient (Wildman–Crippen LogP) is 2.47. The molecule has 1 saturated heterocycles. The lowest BCUT2D eigenvalue weighted by atomic mass is 9.73. The predicted molar refractivity (Wildman–Crippen MR) is 107 cm³/mol. The molecular formula is C21H26N4O4. The molecule has 1 heterocycles. The van der Waals surface area contributed by atoms with Crippen LogP contribution in [0.4, 0.5) is 16.2 Å². The number of rotatable bonds is 5. The van der Waals surface area contributed by atoms with Crippen LogP contribution in [0.3, 0.4) is 0 Å². The van der Waals surface area contributed by atoms with Gasteiger partial charge in [0.15, 0.2) is 0 Å². The average molecular weight is 398 g/mol. The standard InChI is InChI=1S/C21H26N4O4/c1-13-4-2-3-11-21(13)19(28)25(20(29)24-21)12-17(26)22-15-7-9-16(10-8-15)23-18(27)14-5-6-14/h7-10,13-14H,2-6,11-12H2,1H3,(H,22,26)(H,23,27)(H,24,29)/t13-,21+/m1/s1. The van der Waals surface area contributed by atoms with E-state index in [4.69, 9.17) is 0 Å². The summed E-state index contributed by atoms with van der Waals surface area (Å²) in [4.78, 5) is 50.5. The number of carbonyl (C=O) groups excluding carboxylic acids is 4. The van der Waals surface area contributed by atoms with E-state index in [1.807, 2.05) is 6.92 Å². The number of imide groups is 1. The minimum absolute atomic E-state index is 0.0196. The quantitative estimate of drug-likeness (QED) is 0.662. The van der Waals surface area contributed by atoms with Gasteiger partial charge in [0, 0.05) is 17.3 Å². The summed E-state index contributed by atoms with van der Waals surface area (Å²) < 4.78 is 0. The van der Waals surface area contributed by atoms with Gasteiger partial charge in [0.25, 0.3) is 5.91 Å². The van der Waals surface area contributed by atoms with Gasteiger partial charge in [-0.3, -0.25) is 19.3 Å². The Bertz CT molecular complexity index is 849. The fourth-order valence-electron chi connectivity index (χ4n) is 4.21. The Kier molecular flexibility index (Phi) is 5.02. The lowest BCUT2D eigenvalue weighted by molar-refractivity contribution is -0.136. The van der Waals surface area contributed by atoms with Crippen molar-refractivity contribution in [2.45, 2.75) is 51.0 Å². The molecule has 3 aliphatic rings. The van der Waals surface area contributed by atoms with Gasteiger partial charge < -0.3 is 16.0 Å². The molecule has 1 spiro atoms. The van der Waals surface area contributed by atoms with Gasteiger partial charge in [-0.15, -0.1) is 0 Å². The van der Waals surface area contributed by atoms with E-state index in [0.717, 1.165) is 37.0 Å². The number of carbonyl (C=O) groups is 4. The Balaban J connectivity index is 1.35. The van der Waals surface area contributed by atoms with Crippen LogP contribution in [0.2, 0.25) is 0 Å². The summed E-state index contributed by atoms with van der Waals surface area (Å²) in [7, 11) is 0. The van der Waals surface area contributed by atoms with Gasteiger partial charge in [-0.2, -0.15) is 0 Å². The molecule has 154 valence electrons. The summed E-state index contributed by atoms with van der Waals surface area (Å²) >= 11 is 0. The second-order valence-electron chi connectivity index (χ2n) is 8.33. The molecule has 1 aliphatic heterocycles. The van der Waals surface area contributed by atoms with Crippen LogP contribution < -0.4 is 16.0 Å². The molecule has 29 heavy (non-hydrogen) atoms. The third-order valence-electron chi connectivity index (χ3n) is 6.19. The first-order chi connectivity index (χ1) is 13.9. The smallest absolute Gasteiger partial charge is 0.325 e. The number of hydrogen-bond donors (Lipinski definition) is 3. The number of amides is 5. The number of benzene rings is 1. The van der Waals surface area contributed by atoms with Crippen molar-refractivity contribution >= 4 is 35.1 Å². The fourth-order valence-corrected chi connectivity index (χ4v) is 4.21. The summed E-state index contributed by atoms with van der Waals surface area (Å²) in [6, 6.07) is 6.27. The lowest BCUT2D eigenvalue weighted by Gasteiger charge is -2.36. The first-order valence-corrected chi connectivity index (χ1v) is 10.2. The highest BCUT2D eigenvalue weighted by molar-refractivity contribution is 6.10. The van der Waals surface area contributed by atoms with Gasteiger partial charge in [0.05, 0.1) is 0 Å².